The van der Waals surface area contributed by atoms with Crippen LogP contribution in [0.25, 0.3) is 0 Å². The predicted octanol–water partition coefficient (Wildman–Crippen LogP) is 3.03. The van der Waals surface area contributed by atoms with E-state index in [1.807, 2.05) is 6.92 Å². The standard InChI is InChI=1S/C20H32O10S3/c1-4-7-12-31(22,23)28-16-18(21)17-10-11-19(29-32(24,25)13-8-5-2)20(15-17)30-33(26,27)14-9-6-3/h10-11,15H,4-9,12-14,16H2,1-3H3. The lowest BCUT2D eigenvalue weighted by molar-refractivity contribution is 0.0924. The van der Waals surface area contributed by atoms with E-state index in [2.05, 4.69) is 0 Å². The van der Waals surface area contributed by atoms with Crippen LogP contribution in [0.2, 0.25) is 0 Å². The lowest BCUT2D eigenvalue weighted by Gasteiger charge is -2.14. The molecule has 0 fully saturated rings. The topological polar surface area (TPSA) is 147 Å². The Bertz CT molecular complexity index is 1090. The van der Waals surface area contributed by atoms with Crippen molar-refractivity contribution >= 4 is 36.1 Å². The second-order valence-corrected chi connectivity index (χ2v) is 12.5. The van der Waals surface area contributed by atoms with Gasteiger partial charge in [-0.15, -0.1) is 0 Å². The molecule has 0 bridgehead atoms. The molecule has 0 heterocycles. The molecule has 0 amide bonds. The number of unbranched alkanes of at least 4 members (excludes halogenated alkanes) is 3. The first-order valence-corrected chi connectivity index (χ1v) is 15.5. The summed E-state index contributed by atoms with van der Waals surface area (Å²) in [7, 11) is -12.0. The van der Waals surface area contributed by atoms with Crippen LogP contribution in [0.5, 0.6) is 11.5 Å². The number of carbonyl (C=O) groups excluding carboxylic acids is 1. The van der Waals surface area contributed by atoms with Crippen molar-refractivity contribution in [2.75, 3.05) is 23.9 Å². The summed E-state index contributed by atoms with van der Waals surface area (Å²) in [6.07, 6.45) is 2.85. The highest BCUT2D eigenvalue weighted by Gasteiger charge is 2.23. The largest absolute Gasteiger partial charge is 0.378 e. The Labute approximate surface area is 197 Å². The van der Waals surface area contributed by atoms with Gasteiger partial charge in [0.25, 0.3) is 10.1 Å². The monoisotopic (exact) mass is 528 g/mol. The van der Waals surface area contributed by atoms with Crippen LogP contribution >= 0.6 is 0 Å². The van der Waals surface area contributed by atoms with Gasteiger partial charge in [-0.2, -0.15) is 25.3 Å². The van der Waals surface area contributed by atoms with Gasteiger partial charge in [-0.3, -0.25) is 8.98 Å². The van der Waals surface area contributed by atoms with Crippen molar-refractivity contribution in [3.05, 3.63) is 23.8 Å². The molecule has 0 unspecified atom stereocenters. The molecule has 0 aliphatic rings. The van der Waals surface area contributed by atoms with Crippen molar-refractivity contribution in [2.45, 2.75) is 59.3 Å². The predicted molar refractivity (Wildman–Crippen MR) is 124 cm³/mol. The maximum absolute atomic E-state index is 12.4. The minimum Gasteiger partial charge on any atom is -0.378 e. The van der Waals surface area contributed by atoms with Gasteiger partial charge >= 0.3 is 20.2 Å². The quantitative estimate of drug-likeness (QED) is 0.218. The molecule has 0 aliphatic heterocycles. The van der Waals surface area contributed by atoms with E-state index < -0.39 is 48.5 Å². The highest BCUT2D eigenvalue weighted by Crippen LogP contribution is 2.31. The number of carbonyl (C=O) groups is 1. The summed E-state index contributed by atoms with van der Waals surface area (Å²) in [5, 5.41) is 0. The van der Waals surface area contributed by atoms with Crippen molar-refractivity contribution in [1.29, 1.82) is 0 Å². The molecule has 0 radical (unpaired) electrons. The second kappa shape index (κ2) is 13.3. The Morgan fingerprint density at radius 1 is 0.697 bits per heavy atom. The second-order valence-electron chi connectivity index (χ2n) is 7.36. The minimum absolute atomic E-state index is 0.125. The summed E-state index contributed by atoms with van der Waals surface area (Å²) < 4.78 is 87.3. The molecule has 0 atom stereocenters. The van der Waals surface area contributed by atoms with Gasteiger partial charge < -0.3 is 8.37 Å². The molecule has 0 aliphatic carbocycles. The summed E-state index contributed by atoms with van der Waals surface area (Å²) in [6.45, 7) is 4.61. The Balaban J connectivity index is 3.18. The number of Topliss-reactive ketones (excluding diaryl/α,β-unsaturated/α-hetero) is 1. The average molecular weight is 529 g/mol. The molecule has 0 N–H and O–H groups in total. The first kappa shape index (κ1) is 29.3. The number of benzene rings is 1. The van der Waals surface area contributed by atoms with E-state index in [1.165, 1.54) is 6.07 Å². The summed E-state index contributed by atoms with van der Waals surface area (Å²) >= 11 is 0. The van der Waals surface area contributed by atoms with Crippen LogP contribution in [0.15, 0.2) is 18.2 Å². The van der Waals surface area contributed by atoms with Gasteiger partial charge in [-0.1, -0.05) is 40.0 Å². The molecule has 0 spiro atoms. The van der Waals surface area contributed by atoms with Crippen LogP contribution in [-0.4, -0.2) is 54.9 Å². The number of hydrogen-bond donors (Lipinski definition) is 0. The maximum Gasteiger partial charge on any atom is 0.309 e. The van der Waals surface area contributed by atoms with E-state index in [1.54, 1.807) is 13.8 Å². The van der Waals surface area contributed by atoms with E-state index in [-0.39, 0.29) is 28.6 Å². The van der Waals surface area contributed by atoms with Crippen LogP contribution in [0.3, 0.4) is 0 Å². The third-order valence-electron chi connectivity index (χ3n) is 4.31. The molecule has 13 heteroatoms. The zero-order valence-corrected chi connectivity index (χ0v) is 21.6. The third-order valence-corrected chi connectivity index (χ3v) is 8.02. The lowest BCUT2D eigenvalue weighted by atomic mass is 10.1. The normalized spacial score (nSPS) is 12.5. The van der Waals surface area contributed by atoms with Crippen molar-refractivity contribution in [3.8, 4) is 11.5 Å². The molecule has 0 saturated carbocycles. The molecule has 0 saturated heterocycles. The van der Waals surface area contributed by atoms with Crippen molar-refractivity contribution in [3.63, 3.8) is 0 Å². The van der Waals surface area contributed by atoms with E-state index >= 15 is 0 Å². The lowest BCUT2D eigenvalue weighted by Crippen LogP contribution is -2.19. The van der Waals surface area contributed by atoms with Gasteiger partial charge in [-0.05, 0) is 37.5 Å². The SMILES string of the molecule is CCCCS(=O)(=O)OCC(=O)c1ccc(OS(=O)(=O)CCCC)c(OS(=O)(=O)CCCC)c1. The van der Waals surface area contributed by atoms with Gasteiger partial charge in [0.05, 0.1) is 17.3 Å². The van der Waals surface area contributed by atoms with Crippen molar-refractivity contribution in [2.24, 2.45) is 0 Å². The summed E-state index contributed by atoms with van der Waals surface area (Å²) in [6, 6.07) is 3.27. The Hall–Kier alpha value is -1.70. The fourth-order valence-electron chi connectivity index (χ4n) is 2.42. The molecule has 10 nitrogen and oxygen atoms in total. The molecule has 1 aromatic rings. The molecular formula is C20H32O10S3. The van der Waals surface area contributed by atoms with Crippen LogP contribution in [0.1, 0.15) is 69.7 Å². The summed E-state index contributed by atoms with van der Waals surface area (Å²) in [5.74, 6) is -2.46. The smallest absolute Gasteiger partial charge is 0.309 e. The molecule has 1 rings (SSSR count). The van der Waals surface area contributed by atoms with Gasteiger partial charge in [0.2, 0.25) is 0 Å². The zero-order chi connectivity index (χ0) is 25.1. The van der Waals surface area contributed by atoms with Gasteiger partial charge in [0.1, 0.15) is 6.61 Å². The summed E-state index contributed by atoms with van der Waals surface area (Å²) in [4.78, 5) is 12.4. The van der Waals surface area contributed by atoms with E-state index in [4.69, 9.17) is 12.5 Å². The minimum atomic E-state index is -4.09. The fraction of sp³-hybridized carbons (Fsp3) is 0.650. The Kier molecular flexibility index (Phi) is 11.8. The number of ketones is 1. The Morgan fingerprint density at radius 3 is 1.64 bits per heavy atom. The molecule has 1 aromatic carbocycles. The van der Waals surface area contributed by atoms with E-state index in [0.29, 0.717) is 38.5 Å². The molecular weight excluding hydrogens is 496 g/mol. The molecule has 190 valence electrons. The van der Waals surface area contributed by atoms with Crippen molar-refractivity contribution < 1.29 is 42.6 Å². The van der Waals surface area contributed by atoms with Crippen LogP contribution < -0.4 is 8.37 Å². The first-order chi connectivity index (χ1) is 15.3. The highest BCUT2D eigenvalue weighted by molar-refractivity contribution is 7.87. The third kappa shape index (κ3) is 11.3. The van der Waals surface area contributed by atoms with E-state index in [9.17, 15) is 30.0 Å². The Morgan fingerprint density at radius 2 is 1.15 bits per heavy atom. The van der Waals surface area contributed by atoms with Gasteiger partial charge in [0, 0.05) is 5.56 Å². The number of rotatable bonds is 17. The summed E-state index contributed by atoms with van der Waals surface area (Å²) in [5.41, 5.74) is -0.125. The average Bonchev–Trinajstić information content (AvgIpc) is 2.74. The van der Waals surface area contributed by atoms with Crippen LogP contribution in [-0.2, 0) is 34.5 Å². The number of hydrogen-bond acceptors (Lipinski definition) is 10. The van der Waals surface area contributed by atoms with Crippen LogP contribution in [0.4, 0.5) is 0 Å². The molecule has 0 aromatic heterocycles. The fourth-order valence-corrected chi connectivity index (χ4v) is 5.73. The van der Waals surface area contributed by atoms with Crippen LogP contribution in [0, 0.1) is 0 Å². The first-order valence-electron chi connectivity index (χ1n) is 10.7. The van der Waals surface area contributed by atoms with Gasteiger partial charge in [0.15, 0.2) is 17.3 Å². The molecule has 33 heavy (non-hydrogen) atoms. The van der Waals surface area contributed by atoms with Gasteiger partial charge in [-0.25, -0.2) is 0 Å². The highest BCUT2D eigenvalue weighted by atomic mass is 32.2. The maximum atomic E-state index is 12.4. The van der Waals surface area contributed by atoms with E-state index in [0.717, 1.165) is 12.1 Å². The van der Waals surface area contributed by atoms with Crippen molar-refractivity contribution in [1.82, 2.24) is 0 Å². The zero-order valence-electron chi connectivity index (χ0n) is 19.1.